The van der Waals surface area contributed by atoms with Crippen LogP contribution < -0.4 is 10.5 Å². The van der Waals surface area contributed by atoms with Crippen molar-refractivity contribution in [1.29, 1.82) is 0 Å². The summed E-state index contributed by atoms with van der Waals surface area (Å²) < 4.78 is 5.72. The zero-order chi connectivity index (χ0) is 11.3. The lowest BCUT2D eigenvalue weighted by molar-refractivity contribution is 0.267. The van der Waals surface area contributed by atoms with E-state index in [0.717, 1.165) is 17.7 Å². The molecule has 15 heavy (non-hydrogen) atoms. The molecule has 0 heterocycles. The molecule has 1 rings (SSSR count). The van der Waals surface area contributed by atoms with E-state index in [2.05, 4.69) is 12.6 Å². The lowest BCUT2D eigenvalue weighted by Crippen LogP contribution is -2.19. The van der Waals surface area contributed by atoms with Gasteiger partial charge in [-0.1, -0.05) is 30.9 Å². The first kappa shape index (κ1) is 11.8. The maximum absolute atomic E-state index is 5.78. The van der Waals surface area contributed by atoms with Crippen molar-refractivity contribution < 1.29 is 4.74 Å². The highest BCUT2D eigenvalue weighted by atomic mass is 16.5. The van der Waals surface area contributed by atoms with Crippen LogP contribution in [0.1, 0.15) is 19.4 Å². The number of rotatable bonds is 5. The third kappa shape index (κ3) is 3.76. The van der Waals surface area contributed by atoms with Gasteiger partial charge in [0.05, 0.1) is 0 Å². The van der Waals surface area contributed by atoms with Crippen LogP contribution in [-0.2, 0) is 6.42 Å². The Hall–Kier alpha value is -1.28. The Balaban J connectivity index is 2.81. The van der Waals surface area contributed by atoms with Gasteiger partial charge < -0.3 is 10.5 Å². The Kier molecular flexibility index (Phi) is 4.37. The zero-order valence-corrected chi connectivity index (χ0v) is 9.44. The van der Waals surface area contributed by atoms with Gasteiger partial charge in [0.2, 0.25) is 0 Å². The van der Waals surface area contributed by atoms with Crippen molar-refractivity contribution in [2.45, 2.75) is 32.4 Å². The monoisotopic (exact) mass is 205 g/mol. The number of nitrogens with two attached hydrogens (primary N) is 1. The minimum absolute atomic E-state index is 0.0271. The quantitative estimate of drug-likeness (QED) is 0.750. The number of benzene rings is 1. The molecule has 0 bridgehead atoms. The van der Waals surface area contributed by atoms with Crippen molar-refractivity contribution in [2.75, 3.05) is 0 Å². The molecule has 0 spiro atoms. The van der Waals surface area contributed by atoms with Gasteiger partial charge >= 0.3 is 0 Å². The second kappa shape index (κ2) is 5.56. The van der Waals surface area contributed by atoms with Gasteiger partial charge in [0, 0.05) is 6.04 Å². The van der Waals surface area contributed by atoms with E-state index in [-0.39, 0.29) is 12.1 Å². The third-order valence-corrected chi connectivity index (χ3v) is 2.16. The van der Waals surface area contributed by atoms with Crippen LogP contribution in [0.25, 0.3) is 0 Å². The normalized spacial score (nSPS) is 14.3. The molecule has 2 N–H and O–H groups in total. The molecule has 82 valence electrons. The summed E-state index contributed by atoms with van der Waals surface area (Å²) in [6.45, 7) is 7.66. The number of hydrogen-bond acceptors (Lipinski definition) is 2. The molecular weight excluding hydrogens is 186 g/mol. The SMILES string of the molecule is C=CC(C)Oc1ccccc1CC(C)N. The minimum atomic E-state index is 0.0271. The van der Waals surface area contributed by atoms with Crippen molar-refractivity contribution in [3.63, 3.8) is 0 Å². The Labute approximate surface area is 91.7 Å². The summed E-state index contributed by atoms with van der Waals surface area (Å²) in [5.74, 6) is 0.905. The highest BCUT2D eigenvalue weighted by molar-refractivity contribution is 5.34. The Morgan fingerprint density at radius 3 is 2.67 bits per heavy atom. The van der Waals surface area contributed by atoms with Gasteiger partial charge in [0.25, 0.3) is 0 Å². The summed E-state index contributed by atoms with van der Waals surface area (Å²) in [6, 6.07) is 8.14. The first-order chi connectivity index (χ1) is 7.13. The van der Waals surface area contributed by atoms with Gasteiger partial charge in [0.15, 0.2) is 0 Å². The van der Waals surface area contributed by atoms with E-state index in [1.807, 2.05) is 32.0 Å². The molecular formula is C13H19NO. The van der Waals surface area contributed by atoms with E-state index >= 15 is 0 Å². The van der Waals surface area contributed by atoms with Crippen LogP contribution in [0.3, 0.4) is 0 Å². The van der Waals surface area contributed by atoms with Gasteiger partial charge in [-0.05, 0) is 31.9 Å². The van der Waals surface area contributed by atoms with E-state index in [1.54, 1.807) is 6.08 Å². The van der Waals surface area contributed by atoms with Crippen molar-refractivity contribution in [2.24, 2.45) is 5.73 Å². The van der Waals surface area contributed by atoms with Gasteiger partial charge in [-0.3, -0.25) is 0 Å². The maximum Gasteiger partial charge on any atom is 0.123 e. The molecule has 2 nitrogen and oxygen atoms in total. The fourth-order valence-electron chi connectivity index (χ4n) is 1.38. The first-order valence-electron chi connectivity index (χ1n) is 5.26. The van der Waals surface area contributed by atoms with E-state index in [0.29, 0.717) is 0 Å². The first-order valence-corrected chi connectivity index (χ1v) is 5.26. The van der Waals surface area contributed by atoms with Crippen molar-refractivity contribution in [1.82, 2.24) is 0 Å². The molecule has 0 saturated carbocycles. The molecule has 1 aromatic rings. The topological polar surface area (TPSA) is 35.2 Å². The number of ether oxygens (including phenoxy) is 1. The molecule has 2 atom stereocenters. The molecule has 2 heteroatoms. The molecule has 0 radical (unpaired) electrons. The fraction of sp³-hybridized carbons (Fsp3) is 0.385. The van der Waals surface area contributed by atoms with Gasteiger partial charge in [-0.15, -0.1) is 0 Å². The van der Waals surface area contributed by atoms with Crippen LogP contribution >= 0.6 is 0 Å². The molecule has 0 saturated heterocycles. The average molecular weight is 205 g/mol. The smallest absolute Gasteiger partial charge is 0.123 e. The molecule has 0 aliphatic carbocycles. The average Bonchev–Trinajstić information content (AvgIpc) is 2.20. The molecule has 0 aromatic heterocycles. The summed E-state index contributed by atoms with van der Waals surface area (Å²) >= 11 is 0. The van der Waals surface area contributed by atoms with Crippen molar-refractivity contribution >= 4 is 0 Å². The summed E-state index contributed by atoms with van der Waals surface area (Å²) in [5.41, 5.74) is 6.93. The van der Waals surface area contributed by atoms with E-state index in [9.17, 15) is 0 Å². The van der Waals surface area contributed by atoms with Crippen molar-refractivity contribution in [3.05, 3.63) is 42.5 Å². The molecule has 0 fully saturated rings. The summed E-state index contributed by atoms with van der Waals surface area (Å²) in [7, 11) is 0. The molecule has 2 unspecified atom stereocenters. The lowest BCUT2D eigenvalue weighted by Gasteiger charge is -2.15. The zero-order valence-electron chi connectivity index (χ0n) is 9.44. The second-order valence-electron chi connectivity index (χ2n) is 3.85. The Morgan fingerprint density at radius 1 is 1.40 bits per heavy atom. The Bertz CT molecular complexity index is 320. The predicted octanol–water partition coefficient (Wildman–Crippen LogP) is 2.53. The lowest BCUT2D eigenvalue weighted by atomic mass is 10.1. The van der Waals surface area contributed by atoms with E-state index in [1.165, 1.54) is 0 Å². The van der Waals surface area contributed by atoms with E-state index < -0.39 is 0 Å². The minimum Gasteiger partial charge on any atom is -0.486 e. The van der Waals surface area contributed by atoms with Crippen LogP contribution in [0.4, 0.5) is 0 Å². The van der Waals surface area contributed by atoms with Gasteiger partial charge in [-0.2, -0.15) is 0 Å². The van der Waals surface area contributed by atoms with Crippen LogP contribution in [-0.4, -0.2) is 12.1 Å². The predicted molar refractivity (Wildman–Crippen MR) is 64.1 cm³/mol. The molecule has 1 aromatic carbocycles. The highest BCUT2D eigenvalue weighted by Gasteiger charge is 2.06. The van der Waals surface area contributed by atoms with Crippen LogP contribution in [0.5, 0.6) is 5.75 Å². The molecule has 0 aliphatic heterocycles. The maximum atomic E-state index is 5.78. The summed E-state index contributed by atoms with van der Waals surface area (Å²) in [4.78, 5) is 0. The van der Waals surface area contributed by atoms with Gasteiger partial charge in [-0.25, -0.2) is 0 Å². The molecule has 0 aliphatic rings. The number of para-hydroxylation sites is 1. The Morgan fingerprint density at radius 2 is 2.07 bits per heavy atom. The standard InChI is InChI=1S/C13H19NO/c1-4-11(3)15-13-8-6-5-7-12(13)9-10(2)14/h4-8,10-11H,1,9,14H2,2-3H3. The molecule has 0 amide bonds. The number of hydrogen-bond donors (Lipinski definition) is 1. The van der Waals surface area contributed by atoms with Crippen LogP contribution in [0, 0.1) is 0 Å². The van der Waals surface area contributed by atoms with E-state index in [4.69, 9.17) is 10.5 Å². The van der Waals surface area contributed by atoms with Gasteiger partial charge in [0.1, 0.15) is 11.9 Å². The summed E-state index contributed by atoms with van der Waals surface area (Å²) in [6.07, 6.45) is 2.64. The summed E-state index contributed by atoms with van der Waals surface area (Å²) in [5, 5.41) is 0. The van der Waals surface area contributed by atoms with Crippen LogP contribution in [0.2, 0.25) is 0 Å². The fourth-order valence-corrected chi connectivity index (χ4v) is 1.38. The highest BCUT2D eigenvalue weighted by Crippen LogP contribution is 2.20. The van der Waals surface area contributed by atoms with Crippen molar-refractivity contribution in [3.8, 4) is 5.75 Å². The largest absolute Gasteiger partial charge is 0.486 e. The van der Waals surface area contributed by atoms with Crippen LogP contribution in [0.15, 0.2) is 36.9 Å². The third-order valence-electron chi connectivity index (χ3n) is 2.16. The second-order valence-corrected chi connectivity index (χ2v) is 3.85.